The first-order valence-electron chi connectivity index (χ1n) is 18.0. The monoisotopic (exact) mass is 704 g/mol. The summed E-state index contributed by atoms with van der Waals surface area (Å²) in [5.41, 5.74) is 5.24. The first-order valence-corrected chi connectivity index (χ1v) is 18.0. The van der Waals surface area contributed by atoms with Crippen LogP contribution in [0.25, 0.3) is 0 Å². The fourth-order valence-corrected chi connectivity index (χ4v) is 6.87. The third-order valence-corrected chi connectivity index (χ3v) is 9.79. The maximum atomic E-state index is 14.2. The van der Waals surface area contributed by atoms with Gasteiger partial charge in [0.25, 0.3) is 5.91 Å². The quantitative estimate of drug-likeness (QED) is 0.280. The molecule has 4 aromatic rings. The summed E-state index contributed by atoms with van der Waals surface area (Å²) >= 11 is 0. The first kappa shape index (κ1) is 36.4. The van der Waals surface area contributed by atoms with E-state index in [0.29, 0.717) is 23.6 Å². The second-order valence-electron chi connectivity index (χ2n) is 14.2. The third kappa shape index (κ3) is 9.10. The molecule has 0 unspecified atom stereocenters. The number of nitrogens with one attached hydrogen (secondary N) is 3. The van der Waals surface area contributed by atoms with Gasteiger partial charge in [-0.3, -0.25) is 24.1 Å². The van der Waals surface area contributed by atoms with Gasteiger partial charge in [0.15, 0.2) is 5.82 Å². The Morgan fingerprint density at radius 3 is 2.25 bits per heavy atom. The lowest BCUT2D eigenvalue weighted by Crippen LogP contribution is -2.54. The third-order valence-electron chi connectivity index (χ3n) is 9.79. The molecule has 52 heavy (non-hydrogen) atoms. The fraction of sp³-hybridized carbons (Fsp3) is 0.400. The van der Waals surface area contributed by atoms with Gasteiger partial charge in [0.1, 0.15) is 18.4 Å². The van der Waals surface area contributed by atoms with Crippen LogP contribution >= 0.6 is 0 Å². The van der Waals surface area contributed by atoms with Crippen molar-refractivity contribution in [1.82, 2.24) is 40.5 Å². The number of hydrogen-bond acceptors (Lipinski definition) is 7. The molecule has 0 spiro atoms. The van der Waals surface area contributed by atoms with Crippen LogP contribution in [0.1, 0.15) is 71.1 Å². The molecule has 4 amide bonds. The minimum Gasteiger partial charge on any atom is -0.350 e. The Labute approximate surface area is 305 Å². The van der Waals surface area contributed by atoms with Crippen LogP contribution in [-0.2, 0) is 46.9 Å². The molecule has 3 aromatic carbocycles. The molecule has 3 atom stereocenters. The van der Waals surface area contributed by atoms with Gasteiger partial charge in [0.2, 0.25) is 17.7 Å². The van der Waals surface area contributed by atoms with E-state index in [9.17, 15) is 19.2 Å². The number of hydrogen-bond donors (Lipinski definition) is 3. The van der Waals surface area contributed by atoms with Crippen LogP contribution in [0, 0.1) is 12.8 Å². The molecule has 6 rings (SSSR count). The highest BCUT2D eigenvalue weighted by Crippen LogP contribution is 2.22. The van der Waals surface area contributed by atoms with Crippen molar-refractivity contribution in [1.29, 1.82) is 0 Å². The summed E-state index contributed by atoms with van der Waals surface area (Å²) in [5.74, 6) is -0.765. The zero-order valence-electron chi connectivity index (χ0n) is 30.3. The van der Waals surface area contributed by atoms with E-state index in [1.165, 1.54) is 20.7 Å². The van der Waals surface area contributed by atoms with Gasteiger partial charge < -0.3 is 20.9 Å². The Morgan fingerprint density at radius 2 is 1.52 bits per heavy atom. The topological polar surface area (TPSA) is 142 Å². The molecule has 12 nitrogen and oxygen atoms in total. The largest absolute Gasteiger partial charge is 0.350 e. The van der Waals surface area contributed by atoms with Gasteiger partial charge in [-0.25, -0.2) is 9.67 Å². The van der Waals surface area contributed by atoms with Gasteiger partial charge in [-0.1, -0.05) is 80.6 Å². The smallest absolute Gasteiger partial charge is 0.254 e. The highest BCUT2D eigenvalue weighted by atomic mass is 16.2. The summed E-state index contributed by atoms with van der Waals surface area (Å²) < 4.78 is 1.47. The van der Waals surface area contributed by atoms with E-state index in [2.05, 4.69) is 55.2 Å². The molecular weight excluding hydrogens is 656 g/mol. The van der Waals surface area contributed by atoms with Crippen molar-refractivity contribution in [3.05, 3.63) is 118 Å². The van der Waals surface area contributed by atoms with E-state index >= 15 is 0 Å². The molecule has 0 aliphatic carbocycles. The van der Waals surface area contributed by atoms with Crippen LogP contribution in [0.15, 0.2) is 78.9 Å². The van der Waals surface area contributed by atoms with E-state index in [-0.39, 0.29) is 37.4 Å². The number of carbonyl (C=O) groups excluding carboxylic acids is 4. The van der Waals surface area contributed by atoms with Gasteiger partial charge in [-0.05, 0) is 67.0 Å². The molecule has 2 aliphatic heterocycles. The Morgan fingerprint density at radius 1 is 0.827 bits per heavy atom. The van der Waals surface area contributed by atoms with Crippen LogP contribution in [0.5, 0.6) is 0 Å². The number of aromatic nitrogens is 3. The molecule has 3 N–H and O–H groups in total. The van der Waals surface area contributed by atoms with Gasteiger partial charge in [0.05, 0.1) is 12.6 Å². The van der Waals surface area contributed by atoms with Crippen LogP contribution < -0.4 is 16.0 Å². The average Bonchev–Trinajstić information content (AvgIpc) is 3.49. The van der Waals surface area contributed by atoms with Crippen molar-refractivity contribution in [2.24, 2.45) is 5.92 Å². The molecule has 2 aliphatic rings. The zero-order valence-corrected chi connectivity index (χ0v) is 30.3. The summed E-state index contributed by atoms with van der Waals surface area (Å²) in [6.45, 7) is 9.49. The molecular formula is C40H48N8O4. The molecule has 1 aromatic heterocycles. The van der Waals surface area contributed by atoms with Crippen LogP contribution in [0.3, 0.4) is 0 Å². The second kappa shape index (κ2) is 16.3. The van der Waals surface area contributed by atoms with Gasteiger partial charge in [0, 0.05) is 37.8 Å². The van der Waals surface area contributed by atoms with Crippen molar-refractivity contribution < 1.29 is 19.2 Å². The van der Waals surface area contributed by atoms with E-state index in [1.54, 1.807) is 13.8 Å². The van der Waals surface area contributed by atoms with Crippen molar-refractivity contribution in [3.8, 4) is 0 Å². The van der Waals surface area contributed by atoms with Crippen LogP contribution in [0.4, 0.5) is 0 Å². The number of benzene rings is 3. The van der Waals surface area contributed by atoms with E-state index in [4.69, 9.17) is 0 Å². The number of aryl methyl sites for hydroxylation is 1. The molecule has 0 saturated heterocycles. The summed E-state index contributed by atoms with van der Waals surface area (Å²) in [4.78, 5) is 63.2. The fourth-order valence-electron chi connectivity index (χ4n) is 6.87. The van der Waals surface area contributed by atoms with Gasteiger partial charge >= 0.3 is 0 Å². The lowest BCUT2D eigenvalue weighted by atomic mass is 9.99. The summed E-state index contributed by atoms with van der Waals surface area (Å²) in [6, 6.07) is 23.8. The molecule has 0 radical (unpaired) electrons. The molecule has 0 fully saturated rings. The van der Waals surface area contributed by atoms with Crippen molar-refractivity contribution >= 4 is 23.6 Å². The Kier molecular flexibility index (Phi) is 11.4. The average molecular weight is 705 g/mol. The Bertz CT molecular complexity index is 1890. The number of amides is 4. The minimum atomic E-state index is -0.850. The second-order valence-corrected chi connectivity index (χ2v) is 14.2. The standard InChI is InChI=1S/C40H48N8O4/c1-26(2)35-23-47(40(52)32-16-14-30(15-17-32)21-46-19-18-31-12-8-9-13-33(31)22-46)24-36(49)43-34(20-29-10-6-5-7-11-29)38-42-28(4)45-48(38)25-37(50)41-27(3)39(51)44-35/h5-17,26-27,34-35H,18-25H2,1-4H3,(H,41,50)(H,43,49)(H,44,51)/t27-,34+,35-/m1/s1. The van der Waals surface area contributed by atoms with Crippen LogP contribution in [0.2, 0.25) is 0 Å². The predicted octanol–water partition coefficient (Wildman–Crippen LogP) is 3.35. The number of nitrogens with zero attached hydrogens (tertiary/aromatic N) is 5. The van der Waals surface area contributed by atoms with E-state index in [1.807, 2.05) is 68.4 Å². The van der Waals surface area contributed by atoms with Crippen molar-refractivity contribution in [3.63, 3.8) is 0 Å². The lowest BCUT2D eigenvalue weighted by molar-refractivity contribution is -0.129. The molecule has 3 heterocycles. The minimum absolute atomic E-state index is 0.0825. The van der Waals surface area contributed by atoms with Crippen molar-refractivity contribution in [2.75, 3.05) is 19.6 Å². The van der Waals surface area contributed by atoms with Crippen LogP contribution in [-0.4, -0.2) is 79.9 Å². The summed E-state index contributed by atoms with van der Waals surface area (Å²) in [5, 5.41) is 13.3. The lowest BCUT2D eigenvalue weighted by Gasteiger charge is -2.31. The highest BCUT2D eigenvalue weighted by molar-refractivity contribution is 5.96. The number of rotatable bonds is 6. The Hall–Kier alpha value is -5.36. The molecule has 0 saturated carbocycles. The van der Waals surface area contributed by atoms with Crippen molar-refractivity contribution in [2.45, 2.75) is 78.3 Å². The maximum Gasteiger partial charge on any atom is 0.254 e. The predicted molar refractivity (Wildman–Crippen MR) is 197 cm³/mol. The molecule has 0 bridgehead atoms. The first-order chi connectivity index (χ1) is 25.0. The number of fused-ring (bicyclic) bond motifs is 2. The molecule has 272 valence electrons. The normalized spacial score (nSPS) is 20.5. The number of carbonyl (C=O) groups is 4. The Balaban J connectivity index is 1.26. The highest BCUT2D eigenvalue weighted by Gasteiger charge is 2.30. The van der Waals surface area contributed by atoms with E-state index < -0.39 is 29.9 Å². The summed E-state index contributed by atoms with van der Waals surface area (Å²) in [7, 11) is 0. The molecule has 12 heteroatoms. The summed E-state index contributed by atoms with van der Waals surface area (Å²) in [6.07, 6.45) is 1.39. The zero-order chi connectivity index (χ0) is 36.8. The van der Waals surface area contributed by atoms with E-state index in [0.717, 1.165) is 37.2 Å². The van der Waals surface area contributed by atoms with Gasteiger partial charge in [-0.2, -0.15) is 5.10 Å². The maximum absolute atomic E-state index is 14.2. The van der Waals surface area contributed by atoms with Gasteiger partial charge in [-0.15, -0.1) is 0 Å². The SMILES string of the molecule is Cc1nc2n(n1)CC(=O)N[C@H](C)C(=O)N[C@@H](C(C)C)CN(C(=O)c1ccc(CN3CCc4ccccc4C3)cc1)CC(=O)N[C@H]2Cc1ccccc1.